The van der Waals surface area contributed by atoms with E-state index in [2.05, 4.69) is 20.5 Å². The first-order chi connectivity index (χ1) is 14.4. The maximum Gasteiger partial charge on any atom is 0.243 e. The minimum atomic E-state index is -0.422. The van der Waals surface area contributed by atoms with Gasteiger partial charge >= 0.3 is 0 Å². The molecular formula is C21H27ClFN5O2. The third kappa shape index (κ3) is 6.13. The van der Waals surface area contributed by atoms with Gasteiger partial charge in [0.2, 0.25) is 5.91 Å². The van der Waals surface area contributed by atoms with E-state index in [0.29, 0.717) is 25.5 Å². The van der Waals surface area contributed by atoms with Gasteiger partial charge in [0.1, 0.15) is 18.1 Å². The van der Waals surface area contributed by atoms with Crippen molar-refractivity contribution in [2.45, 2.75) is 18.9 Å². The van der Waals surface area contributed by atoms with Crippen molar-refractivity contribution >= 4 is 29.2 Å². The summed E-state index contributed by atoms with van der Waals surface area (Å²) in [6, 6.07) is 8.74. The molecule has 0 radical (unpaired) electrons. The Morgan fingerprint density at radius 1 is 1.40 bits per heavy atom. The van der Waals surface area contributed by atoms with E-state index in [9.17, 15) is 9.18 Å². The molecule has 1 aliphatic heterocycles. The summed E-state index contributed by atoms with van der Waals surface area (Å²) in [4.78, 5) is 20.0. The van der Waals surface area contributed by atoms with Gasteiger partial charge in [0.25, 0.3) is 0 Å². The van der Waals surface area contributed by atoms with Crippen molar-refractivity contribution in [2.24, 2.45) is 4.99 Å². The SMILES string of the molecule is CN(C)C(=O)CN=C(NCCc1ccco1)NC1CCN(c2ccc(Cl)c(F)c2)C1. The Morgan fingerprint density at radius 2 is 2.23 bits per heavy atom. The Balaban J connectivity index is 1.59. The summed E-state index contributed by atoms with van der Waals surface area (Å²) in [5, 5.41) is 6.77. The first kappa shape index (κ1) is 22.0. The third-order valence-corrected chi connectivity index (χ3v) is 5.22. The van der Waals surface area contributed by atoms with Crippen LogP contribution < -0.4 is 15.5 Å². The fraction of sp³-hybridized carbons (Fsp3) is 0.429. The van der Waals surface area contributed by atoms with E-state index >= 15 is 0 Å². The molecule has 1 saturated heterocycles. The zero-order valence-corrected chi connectivity index (χ0v) is 18.0. The maximum atomic E-state index is 13.8. The van der Waals surface area contributed by atoms with Gasteiger partial charge < -0.3 is 24.9 Å². The lowest BCUT2D eigenvalue weighted by atomic mass is 10.2. The highest BCUT2D eigenvalue weighted by atomic mass is 35.5. The van der Waals surface area contributed by atoms with E-state index < -0.39 is 5.82 Å². The van der Waals surface area contributed by atoms with Gasteiger partial charge in [-0.1, -0.05) is 11.6 Å². The van der Waals surface area contributed by atoms with Crippen molar-refractivity contribution < 1.29 is 13.6 Å². The second-order valence-corrected chi connectivity index (χ2v) is 7.79. The number of amides is 1. The van der Waals surface area contributed by atoms with Crippen LogP contribution in [-0.2, 0) is 11.2 Å². The van der Waals surface area contributed by atoms with E-state index in [1.165, 1.54) is 11.0 Å². The number of guanidine groups is 1. The number of rotatable bonds is 7. The third-order valence-electron chi connectivity index (χ3n) is 4.91. The molecule has 1 aliphatic rings. The van der Waals surface area contributed by atoms with Gasteiger partial charge in [-0.15, -0.1) is 0 Å². The summed E-state index contributed by atoms with van der Waals surface area (Å²) in [7, 11) is 3.41. The topological polar surface area (TPSA) is 73.1 Å². The molecule has 162 valence electrons. The first-order valence-corrected chi connectivity index (χ1v) is 10.3. The standard InChI is InChI=1S/C21H27ClFN5O2/c1-27(2)20(29)13-25-21(24-9-7-17-4-3-11-30-17)26-15-8-10-28(14-15)16-5-6-18(22)19(23)12-16/h3-6,11-12,15H,7-10,13-14H2,1-2H3,(H2,24,25,26). The number of hydrogen-bond acceptors (Lipinski definition) is 4. The molecule has 30 heavy (non-hydrogen) atoms. The summed E-state index contributed by atoms with van der Waals surface area (Å²) in [6.07, 6.45) is 3.21. The highest BCUT2D eigenvalue weighted by Gasteiger charge is 2.24. The number of hydrogen-bond donors (Lipinski definition) is 2. The lowest BCUT2D eigenvalue weighted by molar-refractivity contribution is -0.127. The van der Waals surface area contributed by atoms with E-state index in [4.69, 9.17) is 16.0 Å². The number of carbonyl (C=O) groups excluding carboxylic acids is 1. The van der Waals surface area contributed by atoms with E-state index in [-0.39, 0.29) is 23.5 Å². The predicted octanol–water partition coefficient (Wildman–Crippen LogP) is 2.52. The quantitative estimate of drug-likeness (QED) is 0.516. The predicted molar refractivity (Wildman–Crippen MR) is 117 cm³/mol. The van der Waals surface area contributed by atoms with Crippen LogP contribution in [0.5, 0.6) is 0 Å². The average molecular weight is 436 g/mol. The Labute approximate surface area is 180 Å². The molecule has 1 fully saturated rings. The normalized spacial score (nSPS) is 16.6. The van der Waals surface area contributed by atoms with Crippen molar-refractivity contribution in [2.75, 3.05) is 45.2 Å². The summed E-state index contributed by atoms with van der Waals surface area (Å²) in [6.45, 7) is 2.16. The van der Waals surface area contributed by atoms with Crippen LogP contribution in [0.15, 0.2) is 46.0 Å². The molecule has 0 spiro atoms. The zero-order valence-electron chi connectivity index (χ0n) is 17.2. The van der Waals surface area contributed by atoms with E-state index in [1.807, 2.05) is 18.2 Å². The Bertz CT molecular complexity index is 872. The smallest absolute Gasteiger partial charge is 0.243 e. The Hall–Kier alpha value is -2.74. The van der Waals surface area contributed by atoms with Crippen LogP contribution in [0.25, 0.3) is 0 Å². The van der Waals surface area contributed by atoms with Gasteiger partial charge in [-0.3, -0.25) is 4.79 Å². The summed E-state index contributed by atoms with van der Waals surface area (Å²) in [5.74, 6) is 0.954. The number of nitrogens with one attached hydrogen (secondary N) is 2. The van der Waals surface area contributed by atoms with Gasteiger partial charge in [0.05, 0.1) is 11.3 Å². The molecule has 1 aromatic heterocycles. The molecule has 1 atom stereocenters. The second-order valence-electron chi connectivity index (χ2n) is 7.38. The highest BCUT2D eigenvalue weighted by molar-refractivity contribution is 6.30. The van der Waals surface area contributed by atoms with Crippen molar-refractivity contribution in [3.05, 3.63) is 53.2 Å². The average Bonchev–Trinajstić information content (AvgIpc) is 3.40. The molecule has 2 aromatic rings. The van der Waals surface area contributed by atoms with Gasteiger partial charge in [-0.2, -0.15) is 0 Å². The Morgan fingerprint density at radius 3 is 2.93 bits per heavy atom. The fourth-order valence-corrected chi connectivity index (χ4v) is 3.30. The lowest BCUT2D eigenvalue weighted by Crippen LogP contribution is -2.45. The van der Waals surface area contributed by atoms with Crippen LogP contribution in [0.4, 0.5) is 10.1 Å². The van der Waals surface area contributed by atoms with Crippen LogP contribution in [0.2, 0.25) is 5.02 Å². The number of furan rings is 1. The molecule has 2 N–H and O–H groups in total. The minimum Gasteiger partial charge on any atom is -0.469 e. The molecule has 9 heteroatoms. The monoisotopic (exact) mass is 435 g/mol. The number of aliphatic imine (C=N–C) groups is 1. The molecule has 1 unspecified atom stereocenters. The first-order valence-electron chi connectivity index (χ1n) is 9.90. The van der Waals surface area contributed by atoms with Gasteiger partial charge in [0, 0.05) is 51.9 Å². The van der Waals surface area contributed by atoms with E-state index in [1.54, 1.807) is 26.4 Å². The largest absolute Gasteiger partial charge is 0.469 e. The molecule has 7 nitrogen and oxygen atoms in total. The highest BCUT2D eigenvalue weighted by Crippen LogP contribution is 2.25. The van der Waals surface area contributed by atoms with Crippen LogP contribution in [0, 0.1) is 5.82 Å². The summed E-state index contributed by atoms with van der Waals surface area (Å²) >= 11 is 5.79. The van der Waals surface area contributed by atoms with E-state index in [0.717, 1.165) is 24.4 Å². The molecular weight excluding hydrogens is 409 g/mol. The summed E-state index contributed by atoms with van der Waals surface area (Å²) < 4.78 is 19.1. The molecule has 3 rings (SSSR count). The number of anilines is 1. The molecule has 1 amide bonds. The van der Waals surface area contributed by atoms with Gasteiger partial charge in [0.15, 0.2) is 5.96 Å². The van der Waals surface area contributed by atoms with Gasteiger partial charge in [-0.25, -0.2) is 9.38 Å². The van der Waals surface area contributed by atoms with Crippen LogP contribution >= 0.6 is 11.6 Å². The lowest BCUT2D eigenvalue weighted by Gasteiger charge is -2.21. The van der Waals surface area contributed by atoms with Crippen molar-refractivity contribution in [3.8, 4) is 0 Å². The number of likely N-dealkylation sites (N-methyl/N-ethyl adjacent to an activating group) is 1. The van der Waals surface area contributed by atoms with Crippen molar-refractivity contribution in [1.29, 1.82) is 0 Å². The van der Waals surface area contributed by atoms with Crippen molar-refractivity contribution in [3.63, 3.8) is 0 Å². The molecule has 0 aliphatic carbocycles. The van der Waals surface area contributed by atoms with Gasteiger partial charge in [-0.05, 0) is 36.8 Å². The molecule has 0 saturated carbocycles. The van der Waals surface area contributed by atoms with Crippen LogP contribution in [0.3, 0.4) is 0 Å². The number of carbonyl (C=O) groups is 1. The Kier molecular flexibility index (Phi) is 7.57. The number of nitrogens with zero attached hydrogens (tertiary/aromatic N) is 3. The van der Waals surface area contributed by atoms with Crippen LogP contribution in [-0.4, -0.2) is 63.1 Å². The maximum absolute atomic E-state index is 13.8. The summed E-state index contributed by atoms with van der Waals surface area (Å²) in [5.41, 5.74) is 0.799. The molecule has 1 aromatic carbocycles. The van der Waals surface area contributed by atoms with Crippen LogP contribution in [0.1, 0.15) is 12.2 Å². The molecule has 0 bridgehead atoms. The minimum absolute atomic E-state index is 0.0575. The second kappa shape index (κ2) is 10.3. The zero-order chi connectivity index (χ0) is 21.5. The molecule has 2 heterocycles. The number of halogens is 2. The van der Waals surface area contributed by atoms with Crippen molar-refractivity contribution in [1.82, 2.24) is 15.5 Å². The number of benzene rings is 1. The fourth-order valence-electron chi connectivity index (χ4n) is 3.19.